The third-order valence-corrected chi connectivity index (χ3v) is 3.82. The van der Waals surface area contributed by atoms with Gasteiger partial charge in [-0.1, -0.05) is 17.7 Å². The van der Waals surface area contributed by atoms with Crippen molar-refractivity contribution in [1.82, 2.24) is 14.8 Å². The van der Waals surface area contributed by atoms with Crippen molar-refractivity contribution in [1.29, 1.82) is 0 Å². The van der Waals surface area contributed by atoms with Crippen LogP contribution in [0.2, 0.25) is 5.02 Å². The zero-order chi connectivity index (χ0) is 15.4. The van der Waals surface area contributed by atoms with Crippen molar-refractivity contribution in [3.8, 4) is 0 Å². The molecule has 1 heterocycles. The van der Waals surface area contributed by atoms with Gasteiger partial charge in [0.2, 0.25) is 5.91 Å². The molecule has 114 valence electrons. The summed E-state index contributed by atoms with van der Waals surface area (Å²) < 4.78 is 2.19. The van der Waals surface area contributed by atoms with Crippen LogP contribution in [0.5, 0.6) is 0 Å². The molecule has 0 saturated carbocycles. The van der Waals surface area contributed by atoms with E-state index in [1.807, 2.05) is 19.2 Å². The van der Waals surface area contributed by atoms with E-state index < -0.39 is 0 Å². The van der Waals surface area contributed by atoms with Gasteiger partial charge >= 0.3 is 0 Å². The van der Waals surface area contributed by atoms with Crippen LogP contribution in [0.15, 0.2) is 24.4 Å². The van der Waals surface area contributed by atoms with Gasteiger partial charge in [-0.2, -0.15) is 0 Å². The van der Waals surface area contributed by atoms with Crippen LogP contribution in [0, 0.1) is 0 Å². The fraction of sp³-hybridized carbons (Fsp3) is 0.438. The maximum Gasteiger partial charge on any atom is 0.222 e. The molecule has 5 heteroatoms. The third-order valence-electron chi connectivity index (χ3n) is 3.58. The van der Waals surface area contributed by atoms with Gasteiger partial charge in [0, 0.05) is 55.7 Å². The number of hydrogen-bond donors (Lipinski definition) is 1. The minimum absolute atomic E-state index is 0.167. The van der Waals surface area contributed by atoms with E-state index in [1.165, 1.54) is 10.9 Å². The largest absolute Gasteiger partial charge is 0.349 e. The fourth-order valence-electron chi connectivity index (χ4n) is 2.48. The number of carbonyl (C=O) groups is 1. The molecule has 1 amide bonds. The number of carbonyl (C=O) groups excluding carboxylic acids is 1. The summed E-state index contributed by atoms with van der Waals surface area (Å²) in [5.74, 6) is 0.167. The number of aromatic nitrogens is 1. The maximum atomic E-state index is 11.6. The Balaban J connectivity index is 2.18. The molecule has 0 spiro atoms. The van der Waals surface area contributed by atoms with E-state index >= 15 is 0 Å². The van der Waals surface area contributed by atoms with Crippen LogP contribution in [-0.2, 0) is 17.9 Å². The first-order valence-corrected chi connectivity index (χ1v) is 7.52. The Kier molecular flexibility index (Phi) is 5.26. The normalized spacial score (nSPS) is 11.0. The van der Waals surface area contributed by atoms with Crippen LogP contribution in [0.25, 0.3) is 10.9 Å². The van der Waals surface area contributed by atoms with E-state index in [4.69, 9.17) is 11.6 Å². The Morgan fingerprint density at radius 2 is 2.14 bits per heavy atom. The topological polar surface area (TPSA) is 37.3 Å². The molecule has 0 aliphatic carbocycles. The van der Waals surface area contributed by atoms with E-state index in [2.05, 4.69) is 22.1 Å². The number of rotatable bonds is 6. The molecule has 1 aromatic carbocycles. The highest BCUT2D eigenvalue weighted by Crippen LogP contribution is 2.25. The van der Waals surface area contributed by atoms with Crippen molar-refractivity contribution < 1.29 is 4.79 Å². The molecule has 4 nitrogen and oxygen atoms in total. The van der Waals surface area contributed by atoms with Crippen molar-refractivity contribution in [2.45, 2.75) is 25.9 Å². The van der Waals surface area contributed by atoms with Gasteiger partial charge in [0.1, 0.15) is 0 Å². The number of amides is 1. The van der Waals surface area contributed by atoms with Crippen LogP contribution in [0.4, 0.5) is 0 Å². The summed E-state index contributed by atoms with van der Waals surface area (Å²) in [6.45, 7) is 1.64. The molecule has 1 aromatic heterocycles. The second kappa shape index (κ2) is 6.96. The molecule has 0 saturated heterocycles. The van der Waals surface area contributed by atoms with E-state index in [0.29, 0.717) is 6.42 Å². The molecule has 0 fully saturated rings. The lowest BCUT2D eigenvalue weighted by atomic mass is 10.2. The lowest BCUT2D eigenvalue weighted by molar-refractivity contribution is -0.128. The molecular weight excluding hydrogens is 286 g/mol. The third kappa shape index (κ3) is 3.77. The Morgan fingerprint density at radius 1 is 1.38 bits per heavy atom. The Labute approximate surface area is 130 Å². The molecule has 2 rings (SSSR count). The zero-order valence-corrected chi connectivity index (χ0v) is 13.6. The molecule has 2 aromatic rings. The van der Waals surface area contributed by atoms with Crippen molar-refractivity contribution >= 4 is 28.4 Å². The highest BCUT2D eigenvalue weighted by molar-refractivity contribution is 6.31. The van der Waals surface area contributed by atoms with Crippen LogP contribution in [-0.4, -0.2) is 36.5 Å². The Bertz CT molecular complexity index is 634. The fourth-order valence-corrected chi connectivity index (χ4v) is 2.65. The first kappa shape index (κ1) is 15.9. The SMILES string of the molecule is CNCc1cn(CCCC(=O)N(C)C)c2cc(Cl)ccc12. The summed E-state index contributed by atoms with van der Waals surface area (Å²) in [6.07, 6.45) is 3.54. The van der Waals surface area contributed by atoms with Crippen molar-refractivity contribution in [2.75, 3.05) is 21.1 Å². The second-order valence-electron chi connectivity index (χ2n) is 5.43. The minimum Gasteiger partial charge on any atom is -0.349 e. The highest BCUT2D eigenvalue weighted by Gasteiger charge is 2.09. The van der Waals surface area contributed by atoms with Gasteiger partial charge in [0.25, 0.3) is 0 Å². The van der Waals surface area contributed by atoms with Gasteiger partial charge in [-0.15, -0.1) is 0 Å². The number of halogens is 1. The summed E-state index contributed by atoms with van der Waals surface area (Å²) in [6, 6.07) is 5.97. The summed E-state index contributed by atoms with van der Waals surface area (Å²) >= 11 is 6.11. The number of benzene rings is 1. The summed E-state index contributed by atoms with van der Waals surface area (Å²) in [7, 11) is 5.52. The molecule has 0 aliphatic heterocycles. The first-order chi connectivity index (χ1) is 10.0. The number of nitrogens with one attached hydrogen (secondary N) is 1. The summed E-state index contributed by atoms with van der Waals surface area (Å²) in [5, 5.41) is 5.14. The van der Waals surface area contributed by atoms with E-state index in [9.17, 15) is 4.79 Å². The van der Waals surface area contributed by atoms with Crippen LogP contribution < -0.4 is 5.32 Å². The standard InChI is InChI=1S/C16H22ClN3O/c1-18-10-12-11-20(8-4-5-16(21)19(2)3)15-9-13(17)6-7-14(12)15/h6-7,9,11,18H,4-5,8,10H2,1-3H3. The van der Waals surface area contributed by atoms with Gasteiger partial charge in [-0.3, -0.25) is 4.79 Å². The molecule has 0 bridgehead atoms. The van der Waals surface area contributed by atoms with E-state index in [0.717, 1.165) is 30.0 Å². The molecule has 0 radical (unpaired) electrons. The van der Waals surface area contributed by atoms with Crippen molar-refractivity contribution in [3.63, 3.8) is 0 Å². The molecular formula is C16H22ClN3O. The average Bonchev–Trinajstić information content (AvgIpc) is 2.76. The molecule has 0 aliphatic rings. The smallest absolute Gasteiger partial charge is 0.222 e. The Morgan fingerprint density at radius 3 is 2.81 bits per heavy atom. The quantitative estimate of drug-likeness (QED) is 0.891. The minimum atomic E-state index is 0.167. The molecule has 0 unspecified atom stereocenters. The predicted octanol–water partition coefficient (Wildman–Crippen LogP) is 2.88. The van der Waals surface area contributed by atoms with Crippen LogP contribution in [0.3, 0.4) is 0 Å². The molecule has 0 atom stereocenters. The van der Waals surface area contributed by atoms with Crippen LogP contribution >= 0.6 is 11.6 Å². The zero-order valence-electron chi connectivity index (χ0n) is 12.8. The monoisotopic (exact) mass is 307 g/mol. The summed E-state index contributed by atoms with van der Waals surface area (Å²) in [5.41, 5.74) is 2.38. The van der Waals surface area contributed by atoms with Crippen molar-refractivity contribution in [2.24, 2.45) is 0 Å². The summed E-state index contributed by atoms with van der Waals surface area (Å²) in [4.78, 5) is 13.3. The van der Waals surface area contributed by atoms with Gasteiger partial charge < -0.3 is 14.8 Å². The average molecular weight is 308 g/mol. The molecule has 21 heavy (non-hydrogen) atoms. The predicted molar refractivity (Wildman–Crippen MR) is 87.6 cm³/mol. The number of hydrogen-bond acceptors (Lipinski definition) is 2. The first-order valence-electron chi connectivity index (χ1n) is 7.15. The lowest BCUT2D eigenvalue weighted by Crippen LogP contribution is -2.21. The van der Waals surface area contributed by atoms with Gasteiger partial charge in [-0.25, -0.2) is 0 Å². The number of fused-ring (bicyclic) bond motifs is 1. The number of aryl methyl sites for hydroxylation is 1. The van der Waals surface area contributed by atoms with Crippen molar-refractivity contribution in [3.05, 3.63) is 35.0 Å². The maximum absolute atomic E-state index is 11.6. The van der Waals surface area contributed by atoms with Gasteiger partial charge in [0.05, 0.1) is 0 Å². The molecule has 1 N–H and O–H groups in total. The number of nitrogens with zero attached hydrogens (tertiary/aromatic N) is 2. The van der Waals surface area contributed by atoms with Crippen LogP contribution in [0.1, 0.15) is 18.4 Å². The van der Waals surface area contributed by atoms with Gasteiger partial charge in [0.15, 0.2) is 0 Å². The second-order valence-corrected chi connectivity index (χ2v) is 5.87. The van der Waals surface area contributed by atoms with Gasteiger partial charge in [-0.05, 0) is 31.2 Å². The lowest BCUT2D eigenvalue weighted by Gasteiger charge is -2.10. The van der Waals surface area contributed by atoms with E-state index in [-0.39, 0.29) is 5.91 Å². The van der Waals surface area contributed by atoms with E-state index in [1.54, 1.807) is 19.0 Å². The highest BCUT2D eigenvalue weighted by atomic mass is 35.5. The Hall–Kier alpha value is -1.52.